The SMILES string of the molecule is O=C1NC(c2ccc(OCCO)cc2)C(=O)N1[C@@H](Cc1ccc(F)cc1)c1ncc(-c2ccc(I)cc2)[nH]1. The van der Waals surface area contributed by atoms with Crippen molar-refractivity contribution in [2.75, 3.05) is 13.2 Å². The second-order valence-corrected chi connectivity index (χ2v) is 10.0. The molecule has 1 aliphatic heterocycles. The van der Waals surface area contributed by atoms with E-state index < -0.39 is 24.0 Å². The Balaban J connectivity index is 1.45. The molecule has 1 aromatic heterocycles. The summed E-state index contributed by atoms with van der Waals surface area (Å²) >= 11 is 2.23. The molecule has 0 bridgehead atoms. The van der Waals surface area contributed by atoms with E-state index in [9.17, 15) is 14.0 Å². The minimum atomic E-state index is -0.879. The van der Waals surface area contributed by atoms with Crippen molar-refractivity contribution in [1.29, 1.82) is 0 Å². The molecule has 1 aliphatic rings. The first-order valence-corrected chi connectivity index (χ1v) is 13.0. The molecule has 1 unspecified atom stereocenters. The molecule has 1 fully saturated rings. The van der Waals surface area contributed by atoms with Crippen molar-refractivity contribution in [3.05, 3.63) is 105 Å². The van der Waals surface area contributed by atoms with Gasteiger partial charge in [-0.05, 0) is 75.7 Å². The number of hydrogen-bond acceptors (Lipinski definition) is 5. The van der Waals surface area contributed by atoms with Crippen LogP contribution in [0, 0.1) is 9.39 Å². The van der Waals surface area contributed by atoms with E-state index in [0.29, 0.717) is 17.1 Å². The predicted molar refractivity (Wildman–Crippen MR) is 147 cm³/mol. The summed E-state index contributed by atoms with van der Waals surface area (Å²) in [5.41, 5.74) is 3.02. The van der Waals surface area contributed by atoms with Crippen LogP contribution in [0.4, 0.5) is 9.18 Å². The molecule has 3 amide bonds. The summed E-state index contributed by atoms with van der Waals surface area (Å²) in [4.78, 5) is 35.8. The Bertz CT molecular complexity index is 1420. The number of aromatic nitrogens is 2. The van der Waals surface area contributed by atoms with Gasteiger partial charge in [-0.2, -0.15) is 0 Å². The van der Waals surface area contributed by atoms with Crippen molar-refractivity contribution < 1.29 is 23.8 Å². The van der Waals surface area contributed by atoms with Gasteiger partial charge in [0.1, 0.15) is 36.1 Å². The Labute approximate surface area is 232 Å². The summed E-state index contributed by atoms with van der Waals surface area (Å²) in [6, 6.07) is 18.5. The van der Waals surface area contributed by atoms with Crippen molar-refractivity contribution in [3.63, 3.8) is 0 Å². The zero-order valence-electron chi connectivity index (χ0n) is 20.1. The molecule has 4 aromatic rings. The molecule has 0 spiro atoms. The lowest BCUT2D eigenvalue weighted by atomic mass is 10.0. The normalized spacial score (nSPS) is 16.0. The molecule has 8 nitrogen and oxygen atoms in total. The number of nitrogens with one attached hydrogen (secondary N) is 2. The third kappa shape index (κ3) is 5.55. The molecule has 3 N–H and O–H groups in total. The number of urea groups is 1. The Hall–Kier alpha value is -3.77. The second-order valence-electron chi connectivity index (χ2n) is 8.77. The van der Waals surface area contributed by atoms with E-state index in [0.717, 1.165) is 20.4 Å². The van der Waals surface area contributed by atoms with E-state index in [1.807, 2.05) is 24.3 Å². The minimum absolute atomic E-state index is 0.110. The smallest absolute Gasteiger partial charge is 0.325 e. The number of benzene rings is 3. The molecular formula is C28H24FIN4O4. The number of nitrogens with zero attached hydrogens (tertiary/aromatic N) is 2. The van der Waals surface area contributed by atoms with E-state index in [-0.39, 0.29) is 25.5 Å². The number of H-pyrrole nitrogens is 1. The first-order chi connectivity index (χ1) is 18.4. The number of imide groups is 1. The van der Waals surface area contributed by atoms with Gasteiger partial charge in [-0.25, -0.2) is 14.2 Å². The van der Waals surface area contributed by atoms with Gasteiger partial charge in [0.2, 0.25) is 0 Å². The van der Waals surface area contributed by atoms with Gasteiger partial charge in [-0.15, -0.1) is 0 Å². The fourth-order valence-corrected chi connectivity index (χ4v) is 4.73. The number of hydrogen-bond donors (Lipinski definition) is 3. The molecule has 0 radical (unpaired) electrons. The quantitative estimate of drug-likeness (QED) is 0.183. The molecule has 3 aromatic carbocycles. The van der Waals surface area contributed by atoms with Crippen molar-refractivity contribution in [3.8, 4) is 17.0 Å². The molecule has 10 heteroatoms. The maximum Gasteiger partial charge on any atom is 0.325 e. The summed E-state index contributed by atoms with van der Waals surface area (Å²) in [5.74, 6) is 0.202. The summed E-state index contributed by atoms with van der Waals surface area (Å²) in [5, 5.41) is 11.7. The maximum atomic E-state index is 13.6. The Morgan fingerprint density at radius 3 is 2.42 bits per heavy atom. The van der Waals surface area contributed by atoms with Crippen LogP contribution in [0.5, 0.6) is 5.75 Å². The van der Waals surface area contributed by atoms with Gasteiger partial charge in [-0.1, -0.05) is 36.4 Å². The lowest BCUT2D eigenvalue weighted by molar-refractivity contribution is -0.129. The summed E-state index contributed by atoms with van der Waals surface area (Å²) in [7, 11) is 0. The number of halogens is 2. The van der Waals surface area contributed by atoms with Crippen LogP contribution in [0.1, 0.15) is 29.0 Å². The van der Waals surface area contributed by atoms with E-state index in [1.54, 1.807) is 42.6 Å². The molecule has 194 valence electrons. The van der Waals surface area contributed by atoms with Crippen LogP contribution in [0.3, 0.4) is 0 Å². The summed E-state index contributed by atoms with van der Waals surface area (Å²) in [6.45, 7) is 0.0476. The molecular weight excluding hydrogens is 602 g/mol. The molecule has 0 saturated carbocycles. The molecule has 2 heterocycles. The Kier molecular flexibility index (Phi) is 7.70. The van der Waals surface area contributed by atoms with Gasteiger partial charge in [0.05, 0.1) is 18.5 Å². The van der Waals surface area contributed by atoms with Gasteiger partial charge in [0.25, 0.3) is 5.91 Å². The number of ether oxygens (including phenoxy) is 1. The number of imidazole rings is 1. The van der Waals surface area contributed by atoms with Crippen LogP contribution in [0.15, 0.2) is 79.0 Å². The average molecular weight is 626 g/mol. The van der Waals surface area contributed by atoms with Crippen LogP contribution < -0.4 is 10.1 Å². The van der Waals surface area contributed by atoms with Gasteiger partial charge in [0, 0.05) is 9.99 Å². The van der Waals surface area contributed by atoms with Crippen LogP contribution in [-0.2, 0) is 11.2 Å². The fourth-order valence-electron chi connectivity index (χ4n) is 4.37. The van der Waals surface area contributed by atoms with Crippen molar-refractivity contribution >= 4 is 34.5 Å². The van der Waals surface area contributed by atoms with Crippen LogP contribution >= 0.6 is 22.6 Å². The topological polar surface area (TPSA) is 108 Å². The highest BCUT2D eigenvalue weighted by Crippen LogP contribution is 2.33. The number of aromatic amines is 1. The van der Waals surface area contributed by atoms with Gasteiger partial charge in [-0.3, -0.25) is 9.69 Å². The number of rotatable bonds is 9. The lowest BCUT2D eigenvalue weighted by Gasteiger charge is -2.24. The number of amides is 3. The predicted octanol–water partition coefficient (Wildman–Crippen LogP) is 4.77. The largest absolute Gasteiger partial charge is 0.491 e. The van der Waals surface area contributed by atoms with Gasteiger partial charge < -0.3 is 20.1 Å². The first kappa shape index (κ1) is 25.9. The van der Waals surface area contributed by atoms with Gasteiger partial charge in [0.15, 0.2) is 0 Å². The minimum Gasteiger partial charge on any atom is -0.491 e. The highest BCUT2D eigenvalue weighted by molar-refractivity contribution is 14.1. The number of aliphatic hydroxyl groups excluding tert-OH is 1. The zero-order chi connectivity index (χ0) is 26.6. The van der Waals surface area contributed by atoms with Crippen molar-refractivity contribution in [2.24, 2.45) is 0 Å². The molecule has 2 atom stereocenters. The zero-order valence-corrected chi connectivity index (χ0v) is 22.3. The molecule has 5 rings (SSSR count). The highest BCUT2D eigenvalue weighted by Gasteiger charge is 2.44. The molecule has 38 heavy (non-hydrogen) atoms. The van der Waals surface area contributed by atoms with Crippen LogP contribution in [0.2, 0.25) is 0 Å². The number of carbonyl (C=O) groups excluding carboxylic acids is 2. The standard InChI is InChI=1S/C28H24FIN4O4/c29-20-7-1-17(2-8-20)15-24(26-31-16-23(32-26)18-3-9-21(30)10-4-18)34-27(36)25(33-28(34)37)19-5-11-22(12-6-19)38-14-13-35/h1-12,16,24-25,35H,13-15H2,(H,31,32)(H,33,37)/t24-,25?/m0/s1. The van der Waals surface area contributed by atoms with Crippen molar-refractivity contribution in [2.45, 2.75) is 18.5 Å². The third-order valence-electron chi connectivity index (χ3n) is 6.26. The first-order valence-electron chi connectivity index (χ1n) is 12.0. The van der Waals surface area contributed by atoms with Crippen molar-refractivity contribution in [1.82, 2.24) is 20.2 Å². The third-order valence-corrected chi connectivity index (χ3v) is 6.98. The fraction of sp³-hybridized carbons (Fsp3) is 0.179. The molecule has 1 saturated heterocycles. The Morgan fingerprint density at radius 1 is 1.03 bits per heavy atom. The van der Waals surface area contributed by atoms with E-state index >= 15 is 0 Å². The monoisotopic (exact) mass is 626 g/mol. The number of aliphatic hydroxyl groups is 1. The maximum absolute atomic E-state index is 13.6. The summed E-state index contributed by atoms with van der Waals surface area (Å²) in [6.07, 6.45) is 1.93. The average Bonchev–Trinajstić information content (AvgIpc) is 3.53. The van der Waals surface area contributed by atoms with E-state index in [4.69, 9.17) is 9.84 Å². The van der Waals surface area contributed by atoms with E-state index in [2.05, 4.69) is 37.9 Å². The lowest BCUT2D eigenvalue weighted by Crippen LogP contribution is -2.36. The second kappa shape index (κ2) is 11.3. The van der Waals surface area contributed by atoms with Gasteiger partial charge >= 0.3 is 6.03 Å². The highest BCUT2D eigenvalue weighted by atomic mass is 127. The molecule has 0 aliphatic carbocycles. The van der Waals surface area contributed by atoms with Crippen LogP contribution in [0.25, 0.3) is 11.3 Å². The van der Waals surface area contributed by atoms with Crippen LogP contribution in [-0.4, -0.2) is 45.1 Å². The summed E-state index contributed by atoms with van der Waals surface area (Å²) < 4.78 is 20.0. The Morgan fingerprint density at radius 2 is 1.74 bits per heavy atom. The number of carbonyl (C=O) groups is 2. The van der Waals surface area contributed by atoms with E-state index in [1.165, 1.54) is 17.0 Å².